The molecule has 2 aromatic carbocycles. The minimum absolute atomic E-state index is 0.0475. The second kappa shape index (κ2) is 7.17. The van der Waals surface area contributed by atoms with Crippen LogP contribution in [0.3, 0.4) is 0 Å². The molecule has 0 radical (unpaired) electrons. The molecule has 1 heterocycles. The Bertz CT molecular complexity index is 857. The summed E-state index contributed by atoms with van der Waals surface area (Å²) in [4.78, 5) is 15.3. The van der Waals surface area contributed by atoms with Crippen molar-refractivity contribution in [2.75, 3.05) is 13.7 Å². The lowest BCUT2D eigenvalue weighted by atomic mass is 10.1. The smallest absolute Gasteiger partial charge is 0.224 e. The van der Waals surface area contributed by atoms with Crippen molar-refractivity contribution < 1.29 is 13.9 Å². The number of H-pyrrole nitrogens is 1. The predicted octanol–water partition coefficient (Wildman–Crippen LogP) is 3.22. The van der Waals surface area contributed by atoms with E-state index < -0.39 is 0 Å². The van der Waals surface area contributed by atoms with Gasteiger partial charge in [-0.2, -0.15) is 0 Å². The van der Waals surface area contributed by atoms with Crippen LogP contribution in [0.2, 0.25) is 0 Å². The predicted molar refractivity (Wildman–Crippen MR) is 91.7 cm³/mol. The molecule has 0 unspecified atom stereocenters. The number of carbonyl (C=O) groups excluding carboxylic acids is 1. The highest BCUT2D eigenvalue weighted by Gasteiger charge is 2.08. The first-order valence-corrected chi connectivity index (χ1v) is 7.81. The molecule has 3 rings (SSSR count). The molecule has 0 saturated carbocycles. The third-order valence-corrected chi connectivity index (χ3v) is 3.98. The summed E-state index contributed by atoms with van der Waals surface area (Å²) in [6, 6.07) is 12.7. The number of hydrogen-bond acceptors (Lipinski definition) is 2. The van der Waals surface area contributed by atoms with E-state index in [4.69, 9.17) is 4.74 Å². The van der Waals surface area contributed by atoms with Crippen molar-refractivity contribution in [2.24, 2.45) is 0 Å². The van der Waals surface area contributed by atoms with Gasteiger partial charge >= 0.3 is 0 Å². The Morgan fingerprint density at radius 1 is 1.25 bits per heavy atom. The molecule has 0 aliphatic heterocycles. The molecule has 3 aromatic rings. The average molecular weight is 326 g/mol. The summed E-state index contributed by atoms with van der Waals surface area (Å²) < 4.78 is 18.5. The van der Waals surface area contributed by atoms with Crippen molar-refractivity contribution in [1.82, 2.24) is 10.3 Å². The van der Waals surface area contributed by atoms with Crippen molar-refractivity contribution in [2.45, 2.75) is 12.8 Å². The lowest BCUT2D eigenvalue weighted by Gasteiger charge is -2.07. The summed E-state index contributed by atoms with van der Waals surface area (Å²) in [6.07, 6.45) is 2.75. The molecule has 1 amide bonds. The average Bonchev–Trinajstić information content (AvgIpc) is 2.98. The highest BCUT2D eigenvalue weighted by atomic mass is 19.1. The van der Waals surface area contributed by atoms with Crippen molar-refractivity contribution in [3.8, 4) is 5.75 Å². The number of nitrogens with one attached hydrogen (secondary N) is 2. The highest BCUT2D eigenvalue weighted by Crippen LogP contribution is 2.19. The molecular formula is C19H19FN2O2. The van der Waals surface area contributed by atoms with E-state index in [1.807, 2.05) is 30.5 Å². The van der Waals surface area contributed by atoms with Crippen molar-refractivity contribution in [3.05, 3.63) is 65.6 Å². The first-order chi connectivity index (χ1) is 11.7. The van der Waals surface area contributed by atoms with Gasteiger partial charge in [-0.15, -0.1) is 0 Å². The van der Waals surface area contributed by atoms with Gasteiger partial charge in [0.05, 0.1) is 13.5 Å². The summed E-state index contributed by atoms with van der Waals surface area (Å²) in [7, 11) is 1.43. The number of amides is 1. The Morgan fingerprint density at radius 2 is 2.08 bits per heavy atom. The molecule has 0 spiro atoms. The van der Waals surface area contributed by atoms with Crippen LogP contribution in [0.4, 0.5) is 4.39 Å². The summed E-state index contributed by atoms with van der Waals surface area (Å²) >= 11 is 0. The molecule has 0 bridgehead atoms. The molecule has 0 atom stereocenters. The number of aromatic amines is 1. The van der Waals surface area contributed by atoms with Gasteiger partial charge in [0.25, 0.3) is 0 Å². The maximum atomic E-state index is 13.6. The van der Waals surface area contributed by atoms with E-state index >= 15 is 0 Å². The zero-order valence-electron chi connectivity index (χ0n) is 13.4. The Labute approximate surface area is 139 Å². The molecule has 0 aliphatic carbocycles. The third kappa shape index (κ3) is 3.56. The molecule has 0 saturated heterocycles. The first-order valence-electron chi connectivity index (χ1n) is 7.81. The van der Waals surface area contributed by atoms with Crippen LogP contribution in [-0.2, 0) is 17.6 Å². The lowest BCUT2D eigenvalue weighted by Crippen LogP contribution is -2.27. The number of benzene rings is 2. The van der Waals surface area contributed by atoms with Crippen molar-refractivity contribution in [3.63, 3.8) is 0 Å². The van der Waals surface area contributed by atoms with Gasteiger partial charge in [0.2, 0.25) is 5.91 Å². The number of halogens is 1. The second-order valence-electron chi connectivity index (χ2n) is 5.61. The van der Waals surface area contributed by atoms with E-state index in [2.05, 4.69) is 10.3 Å². The molecule has 5 heteroatoms. The third-order valence-electron chi connectivity index (χ3n) is 3.98. The summed E-state index contributed by atoms with van der Waals surface area (Å²) in [5.74, 6) is -0.212. The lowest BCUT2D eigenvalue weighted by molar-refractivity contribution is -0.120. The SMILES string of the molecule is COc1ccc(CCNC(=O)Cc2c[nH]c3ccccc23)cc1F. The molecule has 0 fully saturated rings. The Hall–Kier alpha value is -2.82. The van der Waals surface area contributed by atoms with Crippen LogP contribution in [0.5, 0.6) is 5.75 Å². The van der Waals surface area contributed by atoms with Gasteiger partial charge in [0.15, 0.2) is 11.6 Å². The number of carbonyl (C=O) groups is 1. The first kappa shape index (κ1) is 16.1. The van der Waals surface area contributed by atoms with Gasteiger partial charge in [-0.3, -0.25) is 4.79 Å². The largest absolute Gasteiger partial charge is 0.494 e. The number of rotatable bonds is 6. The summed E-state index contributed by atoms with van der Waals surface area (Å²) in [5.41, 5.74) is 2.81. The molecule has 1 aromatic heterocycles. The van der Waals surface area contributed by atoms with Crippen LogP contribution < -0.4 is 10.1 Å². The van der Waals surface area contributed by atoms with E-state index in [9.17, 15) is 9.18 Å². The Morgan fingerprint density at radius 3 is 2.88 bits per heavy atom. The number of para-hydroxylation sites is 1. The van der Waals surface area contributed by atoms with Gasteiger partial charge in [-0.25, -0.2) is 4.39 Å². The number of aromatic nitrogens is 1. The van der Waals surface area contributed by atoms with Crippen molar-refractivity contribution >= 4 is 16.8 Å². The van der Waals surface area contributed by atoms with Gasteiger partial charge < -0.3 is 15.0 Å². The zero-order chi connectivity index (χ0) is 16.9. The van der Waals surface area contributed by atoms with Crippen LogP contribution in [0.25, 0.3) is 10.9 Å². The van der Waals surface area contributed by atoms with Crippen molar-refractivity contribution in [1.29, 1.82) is 0 Å². The van der Waals surface area contributed by atoms with Crippen LogP contribution >= 0.6 is 0 Å². The van der Waals surface area contributed by atoms with E-state index in [1.165, 1.54) is 13.2 Å². The zero-order valence-corrected chi connectivity index (χ0v) is 13.4. The van der Waals surface area contributed by atoms with E-state index in [1.54, 1.807) is 12.1 Å². The number of methoxy groups -OCH3 is 1. The molecule has 24 heavy (non-hydrogen) atoms. The van der Waals surface area contributed by atoms with Crippen LogP contribution in [0, 0.1) is 5.82 Å². The van der Waals surface area contributed by atoms with Gasteiger partial charge in [0.1, 0.15) is 0 Å². The maximum Gasteiger partial charge on any atom is 0.224 e. The fraction of sp³-hybridized carbons (Fsp3) is 0.211. The minimum Gasteiger partial charge on any atom is -0.494 e. The standard InChI is InChI=1S/C19H19FN2O2/c1-24-18-7-6-13(10-16(18)20)8-9-21-19(23)11-14-12-22-17-5-3-2-4-15(14)17/h2-7,10,12,22H,8-9,11H2,1H3,(H,21,23). The van der Waals surface area contributed by atoms with E-state index in [-0.39, 0.29) is 17.5 Å². The quantitative estimate of drug-likeness (QED) is 0.731. The minimum atomic E-state index is -0.389. The van der Waals surface area contributed by atoms with Crippen LogP contribution in [0.15, 0.2) is 48.7 Å². The van der Waals surface area contributed by atoms with Crippen LogP contribution in [-0.4, -0.2) is 24.5 Å². The molecule has 0 aliphatic rings. The second-order valence-corrected chi connectivity index (χ2v) is 5.61. The number of ether oxygens (including phenoxy) is 1. The van der Waals surface area contributed by atoms with E-state index in [0.29, 0.717) is 19.4 Å². The Balaban J connectivity index is 1.53. The monoisotopic (exact) mass is 326 g/mol. The fourth-order valence-electron chi connectivity index (χ4n) is 2.72. The maximum absolute atomic E-state index is 13.6. The van der Waals surface area contributed by atoms with Crippen LogP contribution in [0.1, 0.15) is 11.1 Å². The summed E-state index contributed by atoms with van der Waals surface area (Å²) in [6.45, 7) is 0.465. The van der Waals surface area contributed by atoms with E-state index in [0.717, 1.165) is 22.0 Å². The number of hydrogen-bond donors (Lipinski definition) is 2. The highest BCUT2D eigenvalue weighted by molar-refractivity contribution is 5.88. The van der Waals surface area contributed by atoms with Gasteiger partial charge in [0, 0.05) is 23.6 Å². The summed E-state index contributed by atoms with van der Waals surface area (Å²) in [5, 5.41) is 3.94. The Kier molecular flexibility index (Phi) is 4.79. The fourth-order valence-corrected chi connectivity index (χ4v) is 2.72. The molecule has 4 nitrogen and oxygen atoms in total. The molecular weight excluding hydrogens is 307 g/mol. The van der Waals surface area contributed by atoms with Gasteiger partial charge in [-0.05, 0) is 35.7 Å². The number of fused-ring (bicyclic) bond motifs is 1. The molecule has 2 N–H and O–H groups in total. The molecule has 124 valence electrons. The topological polar surface area (TPSA) is 54.1 Å². The normalized spacial score (nSPS) is 10.8. The van der Waals surface area contributed by atoms with Gasteiger partial charge in [-0.1, -0.05) is 24.3 Å².